The molecule has 0 spiro atoms. The predicted octanol–water partition coefficient (Wildman–Crippen LogP) is 4.41. The number of fused-ring (bicyclic) bond motifs is 1. The van der Waals surface area contributed by atoms with E-state index < -0.39 is 5.67 Å². The number of anilines is 1. The van der Waals surface area contributed by atoms with Gasteiger partial charge in [-0.25, -0.2) is 19.3 Å². The van der Waals surface area contributed by atoms with Gasteiger partial charge in [-0.1, -0.05) is 22.0 Å². The number of likely N-dealkylation sites (tertiary alicyclic amines) is 2. The van der Waals surface area contributed by atoms with Crippen molar-refractivity contribution >= 4 is 45.0 Å². The number of nitrogens with two attached hydrogens (primary N) is 1. The number of aromatic nitrogens is 4. The molecule has 1 amide bonds. The quantitative estimate of drug-likeness (QED) is 0.469. The summed E-state index contributed by atoms with van der Waals surface area (Å²) in [7, 11) is 0. The third-order valence-corrected chi connectivity index (χ3v) is 8.60. The maximum absolute atomic E-state index is 15.9. The second-order valence-corrected chi connectivity index (χ2v) is 11.6. The standard InChI is InChI=1S/C28H32BrFN8O/c29-20-4-5-24-23(15-20)35-25(22-3-1-2-10-32-22)38(24)21-6-11-37(12-7-21)26(39)28(30)8-13-36(14-9-28)18-19-16-33-27(31)34-17-19/h1-2,4-5,10,15-17,21-22H,3,6-9,11-14,18H2,(H2,31,33,34). The van der Waals surface area contributed by atoms with Crippen LogP contribution in [-0.4, -0.2) is 73.3 Å². The summed E-state index contributed by atoms with van der Waals surface area (Å²) in [5.41, 5.74) is 6.68. The molecule has 1 aromatic carbocycles. The van der Waals surface area contributed by atoms with Gasteiger partial charge in [0.05, 0.1) is 11.0 Å². The molecule has 6 rings (SSSR count). The van der Waals surface area contributed by atoms with Crippen molar-refractivity contribution in [1.82, 2.24) is 29.3 Å². The minimum atomic E-state index is -1.82. The minimum absolute atomic E-state index is 0.0278. The zero-order chi connectivity index (χ0) is 27.0. The summed E-state index contributed by atoms with van der Waals surface area (Å²) in [4.78, 5) is 35.0. The molecule has 11 heteroatoms. The summed E-state index contributed by atoms with van der Waals surface area (Å²) in [5, 5.41) is 0. The molecule has 0 radical (unpaired) electrons. The van der Waals surface area contributed by atoms with Gasteiger partial charge in [-0.3, -0.25) is 14.7 Å². The molecule has 3 aromatic rings. The van der Waals surface area contributed by atoms with Gasteiger partial charge in [-0.2, -0.15) is 0 Å². The van der Waals surface area contributed by atoms with Crippen LogP contribution < -0.4 is 5.73 Å². The van der Waals surface area contributed by atoms with Gasteiger partial charge in [0.1, 0.15) is 11.9 Å². The van der Waals surface area contributed by atoms with Crippen molar-refractivity contribution in [1.29, 1.82) is 0 Å². The van der Waals surface area contributed by atoms with E-state index in [4.69, 9.17) is 10.7 Å². The van der Waals surface area contributed by atoms with Crippen molar-refractivity contribution in [2.24, 2.45) is 4.99 Å². The van der Waals surface area contributed by atoms with Crippen molar-refractivity contribution in [2.75, 3.05) is 31.9 Å². The lowest BCUT2D eigenvalue weighted by molar-refractivity contribution is -0.148. The number of rotatable bonds is 5. The van der Waals surface area contributed by atoms with Crippen molar-refractivity contribution in [3.8, 4) is 0 Å². The first kappa shape index (κ1) is 26.1. The van der Waals surface area contributed by atoms with E-state index in [-0.39, 0.29) is 36.8 Å². The molecule has 3 aliphatic rings. The van der Waals surface area contributed by atoms with Gasteiger partial charge < -0.3 is 15.2 Å². The van der Waals surface area contributed by atoms with Crippen LogP contribution in [0.5, 0.6) is 0 Å². The summed E-state index contributed by atoms with van der Waals surface area (Å²) in [5.74, 6) is 0.826. The summed E-state index contributed by atoms with van der Waals surface area (Å²) in [6, 6.07) is 6.31. The lowest BCUT2D eigenvalue weighted by atomic mass is 9.90. The average Bonchev–Trinajstić information content (AvgIpc) is 3.34. The van der Waals surface area contributed by atoms with E-state index in [2.05, 4.69) is 52.5 Å². The van der Waals surface area contributed by atoms with Crippen LogP contribution in [0.25, 0.3) is 11.0 Å². The van der Waals surface area contributed by atoms with Crippen LogP contribution in [0.3, 0.4) is 0 Å². The van der Waals surface area contributed by atoms with E-state index >= 15 is 4.39 Å². The highest BCUT2D eigenvalue weighted by Gasteiger charge is 2.45. The number of amides is 1. The zero-order valence-corrected chi connectivity index (χ0v) is 23.3. The van der Waals surface area contributed by atoms with Gasteiger partial charge in [0.25, 0.3) is 5.91 Å². The molecule has 204 valence electrons. The number of aliphatic imine (C=N–C) groups is 1. The lowest BCUT2D eigenvalue weighted by Gasteiger charge is -2.40. The van der Waals surface area contributed by atoms with Gasteiger partial charge in [-0.05, 0) is 43.5 Å². The Balaban J connectivity index is 1.11. The Morgan fingerprint density at radius 1 is 1.13 bits per heavy atom. The van der Waals surface area contributed by atoms with Crippen LogP contribution in [0.4, 0.5) is 10.3 Å². The molecule has 2 fully saturated rings. The number of benzene rings is 1. The number of halogens is 2. The fourth-order valence-corrected chi connectivity index (χ4v) is 6.31. The Labute approximate surface area is 235 Å². The molecule has 0 saturated carbocycles. The third kappa shape index (κ3) is 5.34. The Morgan fingerprint density at radius 2 is 1.87 bits per heavy atom. The van der Waals surface area contributed by atoms with Crippen LogP contribution in [0.15, 0.2) is 52.2 Å². The Morgan fingerprint density at radius 3 is 2.56 bits per heavy atom. The molecule has 2 N–H and O–H groups in total. The number of imidazole rings is 1. The molecule has 1 atom stereocenters. The molecule has 2 saturated heterocycles. The van der Waals surface area contributed by atoms with Gasteiger partial charge in [0, 0.05) is 80.3 Å². The number of hydrogen-bond acceptors (Lipinski definition) is 7. The molecule has 3 aliphatic heterocycles. The van der Waals surface area contributed by atoms with Gasteiger partial charge in [0.15, 0.2) is 5.67 Å². The van der Waals surface area contributed by atoms with Crippen LogP contribution >= 0.6 is 15.9 Å². The van der Waals surface area contributed by atoms with E-state index in [1.165, 1.54) is 0 Å². The number of dihydropyridines is 1. The van der Waals surface area contributed by atoms with Crippen LogP contribution in [0, 0.1) is 0 Å². The first-order valence-corrected chi connectivity index (χ1v) is 14.3. The van der Waals surface area contributed by atoms with Crippen molar-refractivity contribution in [2.45, 2.75) is 56.4 Å². The Kier molecular flexibility index (Phi) is 7.20. The fraction of sp³-hybridized carbons (Fsp3) is 0.464. The number of carbonyl (C=O) groups is 1. The fourth-order valence-electron chi connectivity index (χ4n) is 5.96. The molecule has 0 bridgehead atoms. The van der Waals surface area contributed by atoms with Crippen molar-refractivity contribution < 1.29 is 9.18 Å². The number of nitrogen functional groups attached to an aromatic ring is 1. The first-order chi connectivity index (χ1) is 18.9. The van der Waals surface area contributed by atoms with Crippen molar-refractivity contribution in [3.63, 3.8) is 0 Å². The number of nitrogens with zero attached hydrogens (tertiary/aromatic N) is 7. The lowest BCUT2D eigenvalue weighted by Crippen LogP contribution is -2.54. The van der Waals surface area contributed by atoms with E-state index in [1.54, 1.807) is 17.3 Å². The number of piperidine rings is 2. The molecule has 39 heavy (non-hydrogen) atoms. The minimum Gasteiger partial charge on any atom is -0.368 e. The van der Waals surface area contributed by atoms with E-state index in [0.29, 0.717) is 32.7 Å². The SMILES string of the molecule is Nc1ncc(CN2CCC(F)(C(=O)N3CCC(n4c(C5CC=CC=N5)nc5cc(Br)ccc54)CC3)CC2)cn1. The summed E-state index contributed by atoms with van der Waals surface area (Å²) < 4.78 is 19.2. The predicted molar refractivity (Wildman–Crippen MR) is 152 cm³/mol. The smallest absolute Gasteiger partial charge is 0.260 e. The maximum Gasteiger partial charge on any atom is 0.260 e. The van der Waals surface area contributed by atoms with E-state index in [1.807, 2.05) is 24.4 Å². The second kappa shape index (κ2) is 10.8. The molecule has 1 unspecified atom stereocenters. The first-order valence-electron chi connectivity index (χ1n) is 13.5. The highest BCUT2D eigenvalue weighted by molar-refractivity contribution is 9.10. The summed E-state index contributed by atoms with van der Waals surface area (Å²) in [6.07, 6.45) is 12.0. The van der Waals surface area contributed by atoms with Crippen LogP contribution in [-0.2, 0) is 11.3 Å². The zero-order valence-electron chi connectivity index (χ0n) is 21.7. The Hall–Kier alpha value is -3.18. The second-order valence-electron chi connectivity index (χ2n) is 10.7. The summed E-state index contributed by atoms with van der Waals surface area (Å²) >= 11 is 3.56. The molecule has 0 aliphatic carbocycles. The average molecular weight is 596 g/mol. The topological polar surface area (TPSA) is 106 Å². The van der Waals surface area contributed by atoms with Gasteiger partial charge in [0.2, 0.25) is 5.95 Å². The molecular formula is C28H32BrFN8O. The van der Waals surface area contributed by atoms with E-state index in [9.17, 15) is 4.79 Å². The van der Waals surface area contributed by atoms with Crippen LogP contribution in [0.1, 0.15) is 55.6 Å². The van der Waals surface area contributed by atoms with E-state index in [0.717, 1.165) is 46.2 Å². The highest BCUT2D eigenvalue weighted by Crippen LogP contribution is 2.36. The monoisotopic (exact) mass is 594 g/mol. The van der Waals surface area contributed by atoms with Gasteiger partial charge in [-0.15, -0.1) is 0 Å². The molecule has 2 aromatic heterocycles. The highest BCUT2D eigenvalue weighted by atomic mass is 79.9. The third-order valence-electron chi connectivity index (χ3n) is 8.10. The van der Waals surface area contributed by atoms with Crippen molar-refractivity contribution in [3.05, 3.63) is 58.6 Å². The van der Waals surface area contributed by atoms with Crippen LogP contribution in [0.2, 0.25) is 0 Å². The normalized spacial score (nSPS) is 22.0. The molecule has 5 heterocycles. The maximum atomic E-state index is 15.9. The number of allylic oxidation sites excluding steroid dienone is 1. The van der Waals surface area contributed by atoms with Gasteiger partial charge >= 0.3 is 0 Å². The molecule has 9 nitrogen and oxygen atoms in total. The summed E-state index contributed by atoms with van der Waals surface area (Å²) in [6.45, 7) is 2.71. The number of alkyl halides is 1. The number of carbonyl (C=O) groups excluding carboxylic acids is 1. The molecular weight excluding hydrogens is 563 g/mol. The largest absolute Gasteiger partial charge is 0.368 e. The Bertz CT molecular complexity index is 1400. The number of hydrogen-bond donors (Lipinski definition) is 1.